The smallest absolute Gasteiger partial charge is 0.405 e. The standard InChI is InChI=1S/C12H10F3N3O3/c13-12(14,15)7-17-11(20)18-10(19)6-21-9-3-1-2-8(4-9)5-16/h1-4H,6-7H2,(H2,17,18,19,20). The third-order valence-electron chi connectivity index (χ3n) is 2.04. The molecule has 9 heteroatoms. The highest BCUT2D eigenvalue weighted by molar-refractivity contribution is 5.95. The Morgan fingerprint density at radius 3 is 2.67 bits per heavy atom. The number of rotatable bonds is 4. The van der Waals surface area contributed by atoms with Gasteiger partial charge in [-0.15, -0.1) is 0 Å². The highest BCUT2D eigenvalue weighted by atomic mass is 19.4. The molecule has 0 atom stereocenters. The van der Waals surface area contributed by atoms with Crippen LogP contribution in [0.1, 0.15) is 5.56 Å². The average Bonchev–Trinajstić information content (AvgIpc) is 2.42. The quantitative estimate of drug-likeness (QED) is 0.877. The predicted octanol–water partition coefficient (Wildman–Crippen LogP) is 1.33. The van der Waals surface area contributed by atoms with Gasteiger partial charge in [-0.05, 0) is 18.2 Å². The maximum absolute atomic E-state index is 11.8. The third kappa shape index (κ3) is 6.81. The molecule has 3 amide bonds. The number of nitrogens with zero attached hydrogens (tertiary/aromatic N) is 1. The van der Waals surface area contributed by atoms with E-state index in [2.05, 4.69) is 0 Å². The minimum absolute atomic E-state index is 0.222. The van der Waals surface area contributed by atoms with Crippen molar-refractivity contribution in [3.8, 4) is 11.8 Å². The SMILES string of the molecule is N#Cc1cccc(OCC(=O)NC(=O)NCC(F)(F)F)c1. The van der Waals surface area contributed by atoms with Gasteiger partial charge >= 0.3 is 12.2 Å². The molecule has 1 aromatic rings. The molecule has 0 aliphatic rings. The Kier molecular flexibility index (Phi) is 5.54. The number of carbonyl (C=O) groups excluding carboxylic acids is 2. The molecule has 0 aliphatic heterocycles. The van der Waals surface area contributed by atoms with Crippen molar-refractivity contribution >= 4 is 11.9 Å². The molecule has 0 bridgehead atoms. The normalized spacial score (nSPS) is 10.4. The fraction of sp³-hybridized carbons (Fsp3) is 0.250. The summed E-state index contributed by atoms with van der Waals surface area (Å²) in [5, 5.41) is 11.8. The van der Waals surface area contributed by atoms with Crippen molar-refractivity contribution < 1.29 is 27.5 Å². The summed E-state index contributed by atoms with van der Waals surface area (Å²) < 4.78 is 40.4. The van der Waals surface area contributed by atoms with Crippen LogP contribution >= 0.6 is 0 Å². The summed E-state index contributed by atoms with van der Waals surface area (Å²) in [5.74, 6) is -0.697. The van der Waals surface area contributed by atoms with Crippen LogP contribution < -0.4 is 15.4 Å². The zero-order valence-electron chi connectivity index (χ0n) is 10.5. The van der Waals surface area contributed by atoms with Gasteiger partial charge in [-0.2, -0.15) is 18.4 Å². The van der Waals surface area contributed by atoms with E-state index in [0.29, 0.717) is 5.56 Å². The summed E-state index contributed by atoms with van der Waals surface area (Å²) in [7, 11) is 0. The predicted molar refractivity (Wildman–Crippen MR) is 64.2 cm³/mol. The van der Waals surface area contributed by atoms with E-state index >= 15 is 0 Å². The number of nitrogens with one attached hydrogen (secondary N) is 2. The van der Waals surface area contributed by atoms with Crippen molar-refractivity contribution in [1.82, 2.24) is 10.6 Å². The highest BCUT2D eigenvalue weighted by Crippen LogP contribution is 2.12. The van der Waals surface area contributed by atoms with Crippen LogP contribution in [0.3, 0.4) is 0 Å². The number of nitriles is 1. The second-order valence-corrected chi connectivity index (χ2v) is 3.77. The molecule has 1 aromatic carbocycles. The van der Waals surface area contributed by atoms with Crippen LogP contribution in [-0.4, -0.2) is 31.3 Å². The largest absolute Gasteiger partial charge is 0.484 e. The molecule has 1 rings (SSSR count). The number of carbonyl (C=O) groups is 2. The fourth-order valence-corrected chi connectivity index (χ4v) is 1.19. The number of hydrogen-bond donors (Lipinski definition) is 2. The van der Waals surface area contributed by atoms with Gasteiger partial charge in [0.05, 0.1) is 11.6 Å². The first-order chi connectivity index (χ1) is 9.80. The van der Waals surface area contributed by atoms with Crippen molar-refractivity contribution in [2.45, 2.75) is 6.18 Å². The summed E-state index contributed by atoms with van der Waals surface area (Å²) in [6.45, 7) is -2.12. The second-order valence-electron chi connectivity index (χ2n) is 3.77. The lowest BCUT2D eigenvalue weighted by Gasteiger charge is -2.09. The van der Waals surface area contributed by atoms with Gasteiger partial charge in [-0.3, -0.25) is 10.1 Å². The Bertz CT molecular complexity index is 567. The van der Waals surface area contributed by atoms with E-state index in [-0.39, 0.29) is 5.75 Å². The molecule has 0 unspecified atom stereocenters. The van der Waals surface area contributed by atoms with E-state index in [4.69, 9.17) is 10.00 Å². The Morgan fingerprint density at radius 1 is 1.33 bits per heavy atom. The van der Waals surface area contributed by atoms with E-state index in [0.717, 1.165) is 0 Å². The molecule has 21 heavy (non-hydrogen) atoms. The van der Waals surface area contributed by atoms with Gasteiger partial charge in [0.1, 0.15) is 12.3 Å². The molecule has 0 fully saturated rings. The van der Waals surface area contributed by atoms with Crippen molar-refractivity contribution in [3.05, 3.63) is 29.8 Å². The fourth-order valence-electron chi connectivity index (χ4n) is 1.19. The number of benzene rings is 1. The van der Waals surface area contributed by atoms with Gasteiger partial charge in [0.15, 0.2) is 6.61 Å². The van der Waals surface area contributed by atoms with E-state index in [1.165, 1.54) is 29.6 Å². The molecule has 0 aromatic heterocycles. The zero-order chi connectivity index (χ0) is 15.9. The van der Waals surface area contributed by atoms with Crippen LogP contribution in [0.15, 0.2) is 24.3 Å². The number of urea groups is 1. The maximum Gasteiger partial charge on any atom is 0.405 e. The van der Waals surface area contributed by atoms with Crippen LogP contribution in [-0.2, 0) is 4.79 Å². The lowest BCUT2D eigenvalue weighted by atomic mass is 10.2. The van der Waals surface area contributed by atoms with Crippen molar-refractivity contribution in [2.24, 2.45) is 0 Å². The summed E-state index contributed by atoms with van der Waals surface area (Å²) in [5.41, 5.74) is 0.316. The van der Waals surface area contributed by atoms with Crippen molar-refractivity contribution in [2.75, 3.05) is 13.2 Å². The second kappa shape index (κ2) is 7.14. The first-order valence-corrected chi connectivity index (χ1v) is 5.57. The van der Waals surface area contributed by atoms with Gasteiger partial charge in [0, 0.05) is 0 Å². The summed E-state index contributed by atoms with van der Waals surface area (Å²) >= 11 is 0. The maximum atomic E-state index is 11.8. The first-order valence-electron chi connectivity index (χ1n) is 5.57. The van der Waals surface area contributed by atoms with Gasteiger partial charge in [0.25, 0.3) is 5.91 Å². The first kappa shape index (κ1) is 16.3. The molecular formula is C12H10F3N3O3. The number of halogens is 3. The molecular weight excluding hydrogens is 291 g/mol. The molecule has 112 valence electrons. The molecule has 0 aliphatic carbocycles. The monoisotopic (exact) mass is 301 g/mol. The number of amides is 3. The van der Waals surface area contributed by atoms with Crippen molar-refractivity contribution in [1.29, 1.82) is 5.26 Å². The number of ether oxygens (including phenoxy) is 1. The molecule has 0 heterocycles. The molecule has 0 spiro atoms. The van der Waals surface area contributed by atoms with Crippen LogP contribution in [0.5, 0.6) is 5.75 Å². The highest BCUT2D eigenvalue weighted by Gasteiger charge is 2.27. The zero-order valence-corrected chi connectivity index (χ0v) is 10.5. The summed E-state index contributed by atoms with van der Waals surface area (Å²) in [6.07, 6.45) is -4.56. The third-order valence-corrected chi connectivity index (χ3v) is 2.04. The minimum Gasteiger partial charge on any atom is -0.484 e. The van der Waals surface area contributed by atoms with Crippen LogP contribution in [0, 0.1) is 11.3 Å². The summed E-state index contributed by atoms with van der Waals surface area (Å²) in [6, 6.07) is 6.51. The van der Waals surface area contributed by atoms with Gasteiger partial charge < -0.3 is 10.1 Å². The van der Waals surface area contributed by atoms with Crippen LogP contribution in [0.25, 0.3) is 0 Å². The molecule has 0 radical (unpaired) electrons. The molecule has 0 saturated heterocycles. The van der Waals surface area contributed by atoms with Gasteiger partial charge in [-0.1, -0.05) is 6.07 Å². The Hall–Kier alpha value is -2.76. The van der Waals surface area contributed by atoms with E-state index in [1.54, 1.807) is 5.32 Å². The van der Waals surface area contributed by atoms with E-state index < -0.39 is 31.3 Å². The molecule has 6 nitrogen and oxygen atoms in total. The average molecular weight is 301 g/mol. The lowest BCUT2D eigenvalue weighted by molar-refractivity contribution is -0.125. The number of alkyl halides is 3. The van der Waals surface area contributed by atoms with Gasteiger partial charge in [-0.25, -0.2) is 4.79 Å². The minimum atomic E-state index is -4.56. The summed E-state index contributed by atoms with van der Waals surface area (Å²) in [4.78, 5) is 22.2. The number of hydrogen-bond acceptors (Lipinski definition) is 4. The van der Waals surface area contributed by atoms with E-state index in [9.17, 15) is 22.8 Å². The van der Waals surface area contributed by atoms with Gasteiger partial charge in [0.2, 0.25) is 0 Å². The van der Waals surface area contributed by atoms with Crippen molar-refractivity contribution in [3.63, 3.8) is 0 Å². The van der Waals surface area contributed by atoms with Crippen LogP contribution in [0.4, 0.5) is 18.0 Å². The molecule has 0 saturated carbocycles. The molecule has 2 N–H and O–H groups in total. The van der Waals surface area contributed by atoms with E-state index in [1.807, 2.05) is 6.07 Å². The Morgan fingerprint density at radius 2 is 2.05 bits per heavy atom. The Labute approximate surface area is 117 Å². The number of imide groups is 1. The van der Waals surface area contributed by atoms with Crippen LogP contribution in [0.2, 0.25) is 0 Å². The topological polar surface area (TPSA) is 91.2 Å². The lowest BCUT2D eigenvalue weighted by Crippen LogP contribution is -2.44. The Balaban J connectivity index is 2.37.